The van der Waals surface area contributed by atoms with Crippen molar-refractivity contribution in [3.63, 3.8) is 0 Å². The summed E-state index contributed by atoms with van der Waals surface area (Å²) in [5, 5.41) is 2.38. The van der Waals surface area contributed by atoms with E-state index in [1.165, 1.54) is 15.9 Å². The third kappa shape index (κ3) is 7.06. The Morgan fingerprint density at radius 1 is 0.767 bits per heavy atom. The van der Waals surface area contributed by atoms with Crippen LogP contribution < -0.4 is 10.4 Å². The van der Waals surface area contributed by atoms with Crippen LogP contribution in [-0.2, 0) is 15.7 Å². The largest absolute Gasteiger partial charge is 0.444 e. The molecular weight excluding hydrogens is 551 g/mol. The van der Waals surface area contributed by atoms with E-state index in [2.05, 4.69) is 122 Å². The van der Waals surface area contributed by atoms with Gasteiger partial charge in [-0.15, -0.1) is 0 Å². The van der Waals surface area contributed by atoms with Gasteiger partial charge < -0.3 is 9.16 Å². The maximum absolute atomic E-state index is 13.4. The molecule has 0 saturated carbocycles. The topological polar surface area (TPSA) is 45.2 Å². The van der Waals surface area contributed by atoms with Gasteiger partial charge in [0.1, 0.15) is 5.60 Å². The van der Waals surface area contributed by atoms with E-state index in [-0.39, 0.29) is 23.2 Å². The van der Waals surface area contributed by atoms with Crippen LogP contribution in [0.4, 0.5) is 4.79 Å². The van der Waals surface area contributed by atoms with Crippen molar-refractivity contribution in [1.82, 2.24) is 14.7 Å². The van der Waals surface area contributed by atoms with Crippen molar-refractivity contribution in [2.75, 3.05) is 39.3 Å². The molecule has 0 aromatic heterocycles. The molecule has 3 aromatic rings. The zero-order chi connectivity index (χ0) is 30.7. The highest BCUT2D eigenvalue weighted by atomic mass is 28.4. The number of amides is 1. The summed E-state index contributed by atoms with van der Waals surface area (Å²) in [5.41, 5.74) is 0.807. The lowest BCUT2D eigenvalue weighted by atomic mass is 9.95. The van der Waals surface area contributed by atoms with Gasteiger partial charge in [0.25, 0.3) is 8.32 Å². The van der Waals surface area contributed by atoms with E-state index in [0.29, 0.717) is 13.2 Å². The van der Waals surface area contributed by atoms with Crippen molar-refractivity contribution < 1.29 is 14.0 Å². The summed E-state index contributed by atoms with van der Waals surface area (Å²) in [6, 6.07) is 32.4. The van der Waals surface area contributed by atoms with Gasteiger partial charge in [-0.1, -0.05) is 112 Å². The molecule has 0 bridgehead atoms. The number of piperazine rings is 1. The van der Waals surface area contributed by atoms with Gasteiger partial charge in [-0.05, 0) is 41.7 Å². The molecule has 2 saturated heterocycles. The first-order valence-corrected chi connectivity index (χ1v) is 17.6. The van der Waals surface area contributed by atoms with Gasteiger partial charge in [0.2, 0.25) is 0 Å². The molecule has 2 unspecified atom stereocenters. The van der Waals surface area contributed by atoms with Crippen molar-refractivity contribution in [1.29, 1.82) is 0 Å². The van der Waals surface area contributed by atoms with E-state index in [1.54, 1.807) is 0 Å². The predicted molar refractivity (Wildman–Crippen MR) is 177 cm³/mol. The van der Waals surface area contributed by atoms with Crippen LogP contribution in [0.3, 0.4) is 0 Å². The summed E-state index contributed by atoms with van der Waals surface area (Å²) in [7, 11) is -2.74. The molecule has 1 amide bonds. The molecule has 7 heteroatoms. The molecule has 2 atom stereocenters. The average molecular weight is 600 g/mol. The minimum absolute atomic E-state index is 0.0721. The third-order valence-electron chi connectivity index (χ3n) is 8.87. The SMILES string of the molecule is CC(C)(C)OC(=O)N1CC(N2CCN(Cc3ccccc3)CC2)C1CO[Si](c1ccccc1)(c1ccccc1)C(C)(C)C. The molecule has 0 radical (unpaired) electrons. The summed E-state index contributed by atoms with van der Waals surface area (Å²) in [5.74, 6) is 0. The van der Waals surface area contributed by atoms with Gasteiger partial charge in [-0.3, -0.25) is 14.7 Å². The Hall–Kier alpha value is -2.97. The van der Waals surface area contributed by atoms with Crippen LogP contribution in [0.2, 0.25) is 5.04 Å². The van der Waals surface area contributed by atoms with E-state index < -0.39 is 13.9 Å². The second-order valence-corrected chi connectivity index (χ2v) is 18.3. The first-order valence-electron chi connectivity index (χ1n) is 15.7. The van der Waals surface area contributed by atoms with Crippen LogP contribution in [0.5, 0.6) is 0 Å². The quantitative estimate of drug-likeness (QED) is 0.326. The minimum atomic E-state index is -2.74. The van der Waals surface area contributed by atoms with Crippen LogP contribution >= 0.6 is 0 Å². The van der Waals surface area contributed by atoms with Gasteiger partial charge in [0.05, 0.1) is 18.7 Å². The van der Waals surface area contributed by atoms with Gasteiger partial charge in [0.15, 0.2) is 0 Å². The fourth-order valence-corrected chi connectivity index (χ4v) is 11.3. The number of carbonyl (C=O) groups is 1. The maximum atomic E-state index is 13.4. The number of likely N-dealkylation sites (tertiary alicyclic amines) is 1. The Kier molecular flexibility index (Phi) is 9.47. The van der Waals surface area contributed by atoms with Gasteiger partial charge in [-0.2, -0.15) is 0 Å². The summed E-state index contributed by atoms with van der Waals surface area (Å²) in [6.45, 7) is 18.8. The summed E-state index contributed by atoms with van der Waals surface area (Å²) in [4.78, 5) is 20.4. The smallest absolute Gasteiger partial charge is 0.410 e. The van der Waals surface area contributed by atoms with E-state index in [4.69, 9.17) is 9.16 Å². The molecule has 6 nitrogen and oxygen atoms in total. The fourth-order valence-electron chi connectivity index (χ4n) is 6.69. The number of rotatable bonds is 8. The van der Waals surface area contributed by atoms with E-state index in [9.17, 15) is 4.79 Å². The average Bonchev–Trinajstić information content (AvgIpc) is 2.95. The van der Waals surface area contributed by atoms with Crippen molar-refractivity contribution in [3.8, 4) is 0 Å². The highest BCUT2D eigenvalue weighted by molar-refractivity contribution is 6.99. The number of hydrogen-bond donors (Lipinski definition) is 0. The Bertz CT molecular complexity index is 1280. The Balaban J connectivity index is 1.38. The number of benzene rings is 3. The molecular formula is C36H49N3O3Si. The highest BCUT2D eigenvalue weighted by Crippen LogP contribution is 2.38. The lowest BCUT2D eigenvalue weighted by Crippen LogP contribution is -2.74. The molecule has 0 N–H and O–H groups in total. The Morgan fingerprint density at radius 3 is 1.77 bits per heavy atom. The molecule has 2 aliphatic rings. The molecule has 2 aliphatic heterocycles. The van der Waals surface area contributed by atoms with Crippen molar-refractivity contribution >= 4 is 24.8 Å². The highest BCUT2D eigenvalue weighted by Gasteiger charge is 2.53. The monoisotopic (exact) mass is 599 g/mol. The van der Waals surface area contributed by atoms with Crippen LogP contribution in [0.15, 0.2) is 91.0 Å². The standard InChI is InChI=1S/C36H49N3O3Si/c1-35(2,3)42-34(40)39-27-32(38-24-22-37(23-25-38)26-29-16-10-7-11-17-29)33(39)28-41-43(36(4,5)6,30-18-12-8-13-19-30)31-20-14-9-15-21-31/h7-21,32-33H,22-28H2,1-6H3. The van der Waals surface area contributed by atoms with E-state index in [0.717, 1.165) is 32.7 Å². The molecule has 2 fully saturated rings. The number of nitrogens with zero attached hydrogens (tertiary/aromatic N) is 3. The lowest BCUT2D eigenvalue weighted by molar-refractivity contribution is -0.0719. The minimum Gasteiger partial charge on any atom is -0.444 e. The zero-order valence-electron chi connectivity index (χ0n) is 26.8. The molecule has 5 rings (SSSR count). The van der Waals surface area contributed by atoms with Crippen LogP contribution in [0.1, 0.15) is 47.1 Å². The lowest BCUT2D eigenvalue weighted by Gasteiger charge is -2.55. The first kappa shape index (κ1) is 31.5. The summed E-state index contributed by atoms with van der Waals surface area (Å²) >= 11 is 0. The molecule has 2 heterocycles. The van der Waals surface area contributed by atoms with Crippen molar-refractivity contribution in [3.05, 3.63) is 96.6 Å². The maximum Gasteiger partial charge on any atom is 0.410 e. The van der Waals surface area contributed by atoms with Crippen LogP contribution in [0, 0.1) is 0 Å². The molecule has 0 aliphatic carbocycles. The van der Waals surface area contributed by atoms with Gasteiger partial charge >= 0.3 is 6.09 Å². The van der Waals surface area contributed by atoms with Crippen molar-refractivity contribution in [2.45, 2.75) is 70.8 Å². The second-order valence-electron chi connectivity index (χ2n) is 14.0. The first-order chi connectivity index (χ1) is 20.5. The van der Waals surface area contributed by atoms with Gasteiger partial charge in [-0.25, -0.2) is 4.79 Å². The van der Waals surface area contributed by atoms with Gasteiger partial charge in [0, 0.05) is 39.3 Å². The zero-order valence-corrected chi connectivity index (χ0v) is 27.8. The number of carbonyl (C=O) groups excluding carboxylic acids is 1. The molecule has 230 valence electrons. The normalized spacial score (nSPS) is 20.5. The number of ether oxygens (including phenoxy) is 1. The van der Waals surface area contributed by atoms with E-state index in [1.807, 2.05) is 25.7 Å². The third-order valence-corrected chi connectivity index (χ3v) is 13.9. The fraction of sp³-hybridized carbons (Fsp3) is 0.472. The molecule has 43 heavy (non-hydrogen) atoms. The Morgan fingerprint density at radius 2 is 1.28 bits per heavy atom. The molecule has 3 aromatic carbocycles. The van der Waals surface area contributed by atoms with Crippen LogP contribution in [-0.4, -0.2) is 86.1 Å². The van der Waals surface area contributed by atoms with E-state index >= 15 is 0 Å². The Labute approximate surface area is 259 Å². The summed E-state index contributed by atoms with van der Waals surface area (Å²) in [6.07, 6.45) is -0.248. The predicted octanol–water partition coefficient (Wildman–Crippen LogP) is 5.37. The summed E-state index contributed by atoms with van der Waals surface area (Å²) < 4.78 is 13.2. The molecule has 0 spiro atoms. The number of hydrogen-bond acceptors (Lipinski definition) is 5. The van der Waals surface area contributed by atoms with Crippen LogP contribution in [0.25, 0.3) is 0 Å². The second kappa shape index (κ2) is 12.9. The van der Waals surface area contributed by atoms with Crippen molar-refractivity contribution in [2.24, 2.45) is 0 Å².